The van der Waals surface area contributed by atoms with E-state index >= 15 is 0 Å². The van der Waals surface area contributed by atoms with Gasteiger partial charge in [0.25, 0.3) is 5.91 Å². The van der Waals surface area contributed by atoms with E-state index in [1.807, 2.05) is 0 Å². The number of anilines is 1. The molecule has 28 heavy (non-hydrogen) atoms. The molecule has 9 heteroatoms. The number of alkyl halides is 3. The molecule has 3 aromatic rings. The maximum Gasteiger partial charge on any atom is 0.418 e. The number of aromatic nitrogens is 2. The predicted molar refractivity (Wildman–Crippen MR) is 102 cm³/mol. The molecular weight excluding hydrogens is 439 g/mol. The molecule has 0 atom stereocenters. The van der Waals surface area contributed by atoms with Crippen molar-refractivity contribution in [3.05, 3.63) is 86.2 Å². The number of halogens is 4. The van der Waals surface area contributed by atoms with Crippen molar-refractivity contribution in [3.63, 3.8) is 0 Å². The van der Waals surface area contributed by atoms with Gasteiger partial charge < -0.3 is 5.32 Å². The lowest BCUT2D eigenvalue weighted by molar-refractivity contribution is -0.137. The maximum atomic E-state index is 13.3. The molecule has 0 aliphatic carbocycles. The Morgan fingerprint density at radius 1 is 1.11 bits per heavy atom. The first-order valence-electron chi connectivity index (χ1n) is 8.01. The maximum absolute atomic E-state index is 13.3. The number of hydrogen-bond donors (Lipinski definition) is 1. The van der Waals surface area contributed by atoms with E-state index in [0.29, 0.717) is 5.69 Å². The second-order valence-electron chi connectivity index (χ2n) is 5.89. The van der Waals surface area contributed by atoms with E-state index in [1.54, 1.807) is 24.3 Å². The van der Waals surface area contributed by atoms with Crippen LogP contribution in [0, 0.1) is 6.92 Å². The second-order valence-corrected chi connectivity index (χ2v) is 6.80. The minimum absolute atomic E-state index is 0.168. The lowest BCUT2D eigenvalue weighted by atomic mass is 10.1. The van der Waals surface area contributed by atoms with Crippen LogP contribution in [-0.4, -0.2) is 15.7 Å². The molecule has 0 unspecified atom stereocenters. The van der Waals surface area contributed by atoms with Crippen LogP contribution in [0.4, 0.5) is 18.9 Å². The summed E-state index contributed by atoms with van der Waals surface area (Å²) >= 11 is 3.26. The molecule has 1 amide bonds. The van der Waals surface area contributed by atoms with Crippen LogP contribution in [0.2, 0.25) is 0 Å². The average Bonchev–Trinajstić information content (AvgIpc) is 2.63. The van der Waals surface area contributed by atoms with Gasteiger partial charge in [-0.3, -0.25) is 9.59 Å². The van der Waals surface area contributed by atoms with E-state index in [2.05, 4.69) is 26.3 Å². The van der Waals surface area contributed by atoms with Gasteiger partial charge in [-0.25, -0.2) is 4.68 Å². The minimum atomic E-state index is -4.62. The zero-order valence-electron chi connectivity index (χ0n) is 14.4. The molecule has 0 radical (unpaired) electrons. The standard InChI is InChI=1S/C19H13BrF3N3O2/c1-11-10-16(27)17(18(28)24-13-8-6-12(20)7-9-13)25-26(11)15-5-3-2-4-14(15)19(21,22)23/h2-10H,1H3,(H,24,28). The normalized spacial score (nSPS) is 11.3. The van der Waals surface area contributed by atoms with Crippen LogP contribution in [0.3, 0.4) is 0 Å². The number of carbonyl (C=O) groups is 1. The molecule has 1 N–H and O–H groups in total. The quantitative estimate of drug-likeness (QED) is 0.633. The molecule has 2 aromatic carbocycles. The molecule has 0 aliphatic heterocycles. The number of benzene rings is 2. The summed E-state index contributed by atoms with van der Waals surface area (Å²) in [6.07, 6.45) is -4.62. The molecule has 0 saturated heterocycles. The Bertz CT molecular complexity index is 1090. The van der Waals surface area contributed by atoms with E-state index < -0.39 is 28.8 Å². The predicted octanol–water partition coefficient (Wildman–Crippen LogP) is 4.57. The van der Waals surface area contributed by atoms with Gasteiger partial charge in [0.15, 0.2) is 5.69 Å². The summed E-state index contributed by atoms with van der Waals surface area (Å²) in [6, 6.07) is 12.5. The van der Waals surface area contributed by atoms with Crippen LogP contribution < -0.4 is 10.7 Å². The first-order chi connectivity index (χ1) is 13.2. The molecule has 1 aromatic heterocycles. The molecule has 0 saturated carbocycles. The van der Waals surface area contributed by atoms with Crippen molar-refractivity contribution in [2.24, 2.45) is 0 Å². The summed E-state index contributed by atoms with van der Waals surface area (Å²) in [6.45, 7) is 1.44. The van der Waals surface area contributed by atoms with Gasteiger partial charge in [0, 0.05) is 21.9 Å². The zero-order chi connectivity index (χ0) is 20.5. The summed E-state index contributed by atoms with van der Waals surface area (Å²) < 4.78 is 41.8. The Morgan fingerprint density at radius 2 is 1.75 bits per heavy atom. The first-order valence-corrected chi connectivity index (χ1v) is 8.80. The largest absolute Gasteiger partial charge is 0.418 e. The number of carbonyl (C=O) groups excluding carboxylic acids is 1. The highest BCUT2D eigenvalue weighted by molar-refractivity contribution is 9.10. The van der Waals surface area contributed by atoms with Crippen LogP contribution in [0.25, 0.3) is 5.69 Å². The molecule has 0 aliphatic rings. The van der Waals surface area contributed by atoms with Crippen molar-refractivity contribution < 1.29 is 18.0 Å². The number of nitrogens with zero attached hydrogens (tertiary/aromatic N) is 2. The van der Waals surface area contributed by atoms with Crippen molar-refractivity contribution in [3.8, 4) is 5.69 Å². The van der Waals surface area contributed by atoms with Crippen LogP contribution in [0.15, 0.2) is 63.9 Å². The highest BCUT2D eigenvalue weighted by atomic mass is 79.9. The third kappa shape index (κ3) is 4.14. The average molecular weight is 452 g/mol. The van der Waals surface area contributed by atoms with E-state index in [0.717, 1.165) is 21.3 Å². The third-order valence-electron chi connectivity index (χ3n) is 3.86. The highest BCUT2D eigenvalue weighted by Crippen LogP contribution is 2.33. The molecule has 0 fully saturated rings. The second kappa shape index (κ2) is 7.59. The van der Waals surface area contributed by atoms with E-state index in [-0.39, 0.29) is 11.4 Å². The van der Waals surface area contributed by atoms with Crippen LogP contribution in [-0.2, 0) is 6.18 Å². The van der Waals surface area contributed by atoms with Gasteiger partial charge in [-0.2, -0.15) is 18.3 Å². The zero-order valence-corrected chi connectivity index (χ0v) is 16.0. The lowest BCUT2D eigenvalue weighted by Gasteiger charge is -2.16. The molecule has 5 nitrogen and oxygen atoms in total. The fourth-order valence-electron chi connectivity index (χ4n) is 2.57. The van der Waals surface area contributed by atoms with E-state index in [9.17, 15) is 22.8 Å². The lowest BCUT2D eigenvalue weighted by Crippen LogP contribution is -2.27. The van der Waals surface area contributed by atoms with Gasteiger partial charge in [-0.05, 0) is 43.3 Å². The SMILES string of the molecule is Cc1cc(=O)c(C(=O)Nc2ccc(Br)cc2)nn1-c1ccccc1C(F)(F)F. The van der Waals surface area contributed by atoms with Crippen molar-refractivity contribution >= 4 is 27.5 Å². The van der Waals surface area contributed by atoms with Gasteiger partial charge in [0.05, 0.1) is 11.3 Å². The number of para-hydroxylation sites is 1. The Balaban J connectivity index is 2.06. The smallest absolute Gasteiger partial charge is 0.320 e. The first kappa shape index (κ1) is 19.8. The number of nitrogens with one attached hydrogen (secondary N) is 1. The minimum Gasteiger partial charge on any atom is -0.320 e. The third-order valence-corrected chi connectivity index (χ3v) is 4.39. The van der Waals surface area contributed by atoms with Crippen molar-refractivity contribution in [2.75, 3.05) is 5.32 Å². The van der Waals surface area contributed by atoms with Crippen LogP contribution in [0.1, 0.15) is 21.7 Å². The molecule has 144 valence electrons. The number of amides is 1. The van der Waals surface area contributed by atoms with Crippen molar-refractivity contribution in [1.82, 2.24) is 9.78 Å². The van der Waals surface area contributed by atoms with Crippen LogP contribution in [0.5, 0.6) is 0 Å². The van der Waals surface area contributed by atoms with Crippen molar-refractivity contribution in [2.45, 2.75) is 13.1 Å². The summed E-state index contributed by atoms with van der Waals surface area (Å²) in [7, 11) is 0. The monoisotopic (exact) mass is 451 g/mol. The van der Waals surface area contributed by atoms with Crippen LogP contribution >= 0.6 is 15.9 Å². The van der Waals surface area contributed by atoms with Gasteiger partial charge in [-0.15, -0.1) is 0 Å². The van der Waals surface area contributed by atoms with Gasteiger partial charge in [0.1, 0.15) is 0 Å². The Kier molecular flexibility index (Phi) is 5.37. The van der Waals surface area contributed by atoms with Gasteiger partial charge in [0.2, 0.25) is 5.43 Å². The molecule has 0 bridgehead atoms. The summed E-state index contributed by atoms with van der Waals surface area (Å²) in [4.78, 5) is 24.7. The van der Waals surface area contributed by atoms with Crippen molar-refractivity contribution in [1.29, 1.82) is 0 Å². The molecule has 1 heterocycles. The Morgan fingerprint density at radius 3 is 2.39 bits per heavy atom. The van der Waals surface area contributed by atoms with E-state index in [4.69, 9.17) is 0 Å². The Labute approximate surface area is 165 Å². The molecule has 3 rings (SSSR count). The summed E-state index contributed by atoms with van der Waals surface area (Å²) in [5, 5.41) is 6.42. The molecular formula is C19H13BrF3N3O2. The summed E-state index contributed by atoms with van der Waals surface area (Å²) in [5.41, 5.74) is -1.81. The van der Waals surface area contributed by atoms with Gasteiger partial charge >= 0.3 is 6.18 Å². The fraction of sp³-hybridized carbons (Fsp3) is 0.105. The fourth-order valence-corrected chi connectivity index (χ4v) is 2.83. The molecule has 0 spiro atoms. The number of hydrogen-bond acceptors (Lipinski definition) is 3. The summed E-state index contributed by atoms with van der Waals surface area (Å²) in [5.74, 6) is -0.814. The topological polar surface area (TPSA) is 64.0 Å². The number of aryl methyl sites for hydroxylation is 1. The van der Waals surface area contributed by atoms with E-state index in [1.165, 1.54) is 25.1 Å². The highest BCUT2D eigenvalue weighted by Gasteiger charge is 2.34. The Hall–Kier alpha value is -2.94. The number of rotatable bonds is 3. The van der Waals surface area contributed by atoms with Gasteiger partial charge in [-0.1, -0.05) is 28.1 Å².